The number of benzene rings is 1. The Morgan fingerprint density at radius 1 is 1.27 bits per heavy atom. The first kappa shape index (κ1) is 20.8. The van der Waals surface area contributed by atoms with E-state index in [1.54, 1.807) is 7.05 Å². The largest absolute Gasteiger partial charge is 0.470 e. The number of aromatic nitrogens is 4. The van der Waals surface area contributed by atoms with Gasteiger partial charge in [0.2, 0.25) is 0 Å². The second kappa shape index (κ2) is 8.61. The molecule has 0 fully saturated rings. The molecule has 0 spiro atoms. The Hall–Kier alpha value is -3.93. The molecule has 30 heavy (non-hydrogen) atoms. The van der Waals surface area contributed by atoms with Gasteiger partial charge in [0.05, 0.1) is 15.6 Å². The van der Waals surface area contributed by atoms with Crippen molar-refractivity contribution >= 4 is 34.8 Å². The summed E-state index contributed by atoms with van der Waals surface area (Å²) >= 11 is 5.98. The number of non-ortho nitro benzene ring substituents is 1. The normalized spacial score (nSPS) is 10.5. The Kier molecular flexibility index (Phi) is 5.97. The van der Waals surface area contributed by atoms with E-state index in [1.807, 2.05) is 0 Å². The molecule has 3 aromatic rings. The highest BCUT2D eigenvalue weighted by Crippen LogP contribution is 2.28. The van der Waals surface area contributed by atoms with Crippen LogP contribution >= 0.6 is 11.6 Å². The smallest absolute Gasteiger partial charge is 0.276 e. The van der Waals surface area contributed by atoms with Crippen LogP contribution < -0.4 is 15.4 Å². The Morgan fingerprint density at radius 2 is 2.03 bits per heavy atom. The minimum absolute atomic E-state index is 0.0731. The van der Waals surface area contributed by atoms with Crippen molar-refractivity contribution in [2.75, 3.05) is 12.4 Å². The Morgan fingerprint density at radius 3 is 2.70 bits per heavy atom. The molecule has 0 unspecified atom stereocenters. The maximum atomic E-state index is 12.4. The van der Waals surface area contributed by atoms with Crippen molar-refractivity contribution < 1.29 is 19.2 Å². The maximum absolute atomic E-state index is 12.4. The molecule has 12 nitrogen and oxygen atoms in total. The molecule has 1 aromatic carbocycles. The number of aryl methyl sites for hydroxylation is 1. The highest BCUT2D eigenvalue weighted by molar-refractivity contribution is 6.32. The number of nitrogens with one attached hydrogen (secondary N) is 2. The average Bonchev–Trinajstić information content (AvgIpc) is 3.33. The first-order valence-corrected chi connectivity index (χ1v) is 8.83. The number of carbonyl (C=O) groups excluding carboxylic acids is 2. The second-order valence-electron chi connectivity index (χ2n) is 5.98. The summed E-state index contributed by atoms with van der Waals surface area (Å²) in [6.45, 7) is -0.0821. The molecular formula is C17H16ClN7O5. The first-order valence-electron chi connectivity index (χ1n) is 8.45. The lowest BCUT2D eigenvalue weighted by atomic mass is 10.3. The van der Waals surface area contributed by atoms with Crippen LogP contribution in [0.15, 0.2) is 36.7 Å². The Labute approximate surface area is 174 Å². The van der Waals surface area contributed by atoms with Gasteiger partial charge in [-0.25, -0.2) is 4.68 Å². The lowest BCUT2D eigenvalue weighted by molar-refractivity contribution is -0.384. The van der Waals surface area contributed by atoms with Crippen LogP contribution in [-0.4, -0.2) is 43.3 Å². The van der Waals surface area contributed by atoms with Crippen LogP contribution in [0.2, 0.25) is 5.02 Å². The van der Waals surface area contributed by atoms with Crippen molar-refractivity contribution in [1.82, 2.24) is 24.9 Å². The van der Waals surface area contributed by atoms with E-state index in [0.717, 1.165) is 0 Å². The highest BCUT2D eigenvalue weighted by Gasteiger charge is 2.19. The van der Waals surface area contributed by atoms with Crippen molar-refractivity contribution in [2.24, 2.45) is 7.05 Å². The van der Waals surface area contributed by atoms with Gasteiger partial charge in [-0.15, -0.1) is 0 Å². The van der Waals surface area contributed by atoms with E-state index in [9.17, 15) is 19.7 Å². The molecule has 0 radical (unpaired) electrons. The van der Waals surface area contributed by atoms with E-state index in [2.05, 4.69) is 20.8 Å². The number of nitro benzene ring substituents is 1. The van der Waals surface area contributed by atoms with Gasteiger partial charge in [0.1, 0.15) is 5.75 Å². The minimum atomic E-state index is -0.564. The number of hydrogen-bond donors (Lipinski definition) is 2. The fourth-order valence-electron chi connectivity index (χ4n) is 2.46. The summed E-state index contributed by atoms with van der Waals surface area (Å²) in [6, 6.07) is 5.28. The molecule has 0 aliphatic rings. The number of halogens is 1. The van der Waals surface area contributed by atoms with E-state index in [-0.39, 0.29) is 40.3 Å². The molecule has 0 saturated carbocycles. The van der Waals surface area contributed by atoms with Crippen LogP contribution in [0.3, 0.4) is 0 Å². The molecule has 0 aliphatic carbocycles. The van der Waals surface area contributed by atoms with E-state index >= 15 is 0 Å². The van der Waals surface area contributed by atoms with E-state index < -0.39 is 16.7 Å². The van der Waals surface area contributed by atoms with Crippen LogP contribution in [-0.2, 0) is 13.8 Å². The number of carbonyl (C=O) groups is 2. The van der Waals surface area contributed by atoms with E-state index in [4.69, 9.17) is 16.3 Å². The predicted octanol–water partition coefficient (Wildman–Crippen LogP) is 1.83. The fraction of sp³-hybridized carbons (Fsp3) is 0.176. The zero-order valence-corrected chi connectivity index (χ0v) is 16.6. The molecule has 3 rings (SSSR count). The van der Waals surface area contributed by atoms with Crippen LogP contribution in [0.4, 0.5) is 11.4 Å². The highest BCUT2D eigenvalue weighted by atomic mass is 35.5. The summed E-state index contributed by atoms with van der Waals surface area (Å²) < 4.78 is 8.23. The fourth-order valence-corrected chi connectivity index (χ4v) is 2.69. The summed E-state index contributed by atoms with van der Waals surface area (Å²) in [5.41, 5.74) is 0.242. The molecule has 0 atom stereocenters. The lowest BCUT2D eigenvalue weighted by Gasteiger charge is -2.07. The van der Waals surface area contributed by atoms with Gasteiger partial charge in [-0.1, -0.05) is 11.6 Å². The van der Waals surface area contributed by atoms with Crippen molar-refractivity contribution in [3.8, 4) is 5.75 Å². The summed E-state index contributed by atoms with van der Waals surface area (Å²) in [6.07, 6.45) is 3.01. The summed E-state index contributed by atoms with van der Waals surface area (Å²) in [5, 5.41) is 24.0. The van der Waals surface area contributed by atoms with E-state index in [1.165, 1.54) is 53.1 Å². The Balaban J connectivity index is 1.66. The number of ether oxygens (including phenoxy) is 1. The molecule has 0 aliphatic heterocycles. The van der Waals surface area contributed by atoms with Crippen LogP contribution in [0.1, 0.15) is 21.0 Å². The second-order valence-corrected chi connectivity index (χ2v) is 6.39. The molecule has 2 aromatic heterocycles. The molecule has 2 heterocycles. The third-order valence-electron chi connectivity index (χ3n) is 3.87. The monoisotopic (exact) mass is 433 g/mol. The van der Waals surface area contributed by atoms with Crippen molar-refractivity contribution in [2.45, 2.75) is 6.73 Å². The van der Waals surface area contributed by atoms with Crippen LogP contribution in [0, 0.1) is 10.1 Å². The van der Waals surface area contributed by atoms with Gasteiger partial charge in [0, 0.05) is 38.6 Å². The number of amides is 2. The third kappa shape index (κ3) is 4.55. The molecular weight excluding hydrogens is 418 g/mol. The maximum Gasteiger partial charge on any atom is 0.276 e. The summed E-state index contributed by atoms with van der Waals surface area (Å²) in [5.74, 6) is -0.751. The van der Waals surface area contributed by atoms with Gasteiger partial charge in [-0.05, 0) is 12.1 Å². The van der Waals surface area contributed by atoms with Crippen LogP contribution in [0.25, 0.3) is 0 Å². The average molecular weight is 434 g/mol. The van der Waals surface area contributed by atoms with Gasteiger partial charge >= 0.3 is 0 Å². The van der Waals surface area contributed by atoms with Crippen molar-refractivity contribution in [3.05, 3.63) is 63.2 Å². The van der Waals surface area contributed by atoms with E-state index in [0.29, 0.717) is 0 Å². The standard InChI is InChI=1S/C17H16ClN7O5/c1-19-17(27)15-13(8-23(2)22-15)20-16(26)12-5-6-24(21-12)9-30-14-4-3-10(25(28)29)7-11(14)18/h3-8H,9H2,1-2H3,(H,19,27)(H,20,26). The van der Waals surface area contributed by atoms with Gasteiger partial charge in [0.15, 0.2) is 18.1 Å². The molecule has 0 saturated heterocycles. The summed E-state index contributed by atoms with van der Waals surface area (Å²) in [4.78, 5) is 34.5. The van der Waals surface area contributed by atoms with Gasteiger partial charge in [-0.3, -0.25) is 24.4 Å². The third-order valence-corrected chi connectivity index (χ3v) is 4.17. The number of anilines is 1. The van der Waals surface area contributed by atoms with Crippen molar-refractivity contribution in [3.63, 3.8) is 0 Å². The van der Waals surface area contributed by atoms with Crippen molar-refractivity contribution in [1.29, 1.82) is 0 Å². The minimum Gasteiger partial charge on any atom is -0.470 e. The topological polar surface area (TPSA) is 146 Å². The number of rotatable bonds is 7. The molecule has 2 amide bonds. The van der Waals surface area contributed by atoms with Crippen LogP contribution in [0.5, 0.6) is 5.75 Å². The number of nitrogens with zero attached hydrogens (tertiary/aromatic N) is 5. The quantitative estimate of drug-likeness (QED) is 0.426. The summed E-state index contributed by atoms with van der Waals surface area (Å²) in [7, 11) is 3.08. The SMILES string of the molecule is CNC(=O)c1nn(C)cc1NC(=O)c1ccn(COc2ccc([N+](=O)[O-])cc2Cl)n1. The van der Waals surface area contributed by atoms with Gasteiger partial charge in [-0.2, -0.15) is 10.2 Å². The molecule has 2 N–H and O–H groups in total. The zero-order valence-electron chi connectivity index (χ0n) is 15.8. The van der Waals surface area contributed by atoms with Gasteiger partial charge < -0.3 is 15.4 Å². The molecule has 13 heteroatoms. The number of nitro groups is 1. The number of hydrogen-bond acceptors (Lipinski definition) is 7. The Bertz CT molecular complexity index is 1120. The van der Waals surface area contributed by atoms with Gasteiger partial charge in [0.25, 0.3) is 17.5 Å². The predicted molar refractivity (Wildman–Crippen MR) is 106 cm³/mol. The zero-order chi connectivity index (χ0) is 21.8. The lowest BCUT2D eigenvalue weighted by Crippen LogP contribution is -2.21. The molecule has 156 valence electrons. The first-order chi connectivity index (χ1) is 14.3. The molecule has 0 bridgehead atoms.